The van der Waals surface area contributed by atoms with Crippen molar-refractivity contribution in [3.05, 3.63) is 42.1 Å². The summed E-state index contributed by atoms with van der Waals surface area (Å²) >= 11 is 6.09. The van der Waals surface area contributed by atoms with Crippen molar-refractivity contribution in [3.8, 4) is 0 Å². The van der Waals surface area contributed by atoms with Crippen LogP contribution in [0.15, 0.2) is 37.1 Å². The summed E-state index contributed by atoms with van der Waals surface area (Å²) < 4.78 is 1.97. The first-order valence-corrected chi connectivity index (χ1v) is 5.57. The van der Waals surface area contributed by atoms with E-state index in [1.807, 2.05) is 34.2 Å². The molecule has 0 aromatic carbocycles. The maximum absolute atomic E-state index is 6.09. The van der Waals surface area contributed by atoms with E-state index in [1.54, 1.807) is 6.20 Å². The molecular weight excluding hydrogens is 224 g/mol. The number of nitrogens with zero attached hydrogens (tertiary/aromatic N) is 4. The Morgan fingerprint density at radius 3 is 2.75 bits per heavy atom. The zero-order valence-corrected chi connectivity index (χ0v) is 9.80. The molecule has 2 heterocycles. The van der Waals surface area contributed by atoms with Crippen LogP contribution in [0.5, 0.6) is 0 Å². The van der Waals surface area contributed by atoms with Crippen molar-refractivity contribution in [1.82, 2.24) is 14.6 Å². The van der Waals surface area contributed by atoms with Gasteiger partial charge in [-0.05, 0) is 18.6 Å². The summed E-state index contributed by atoms with van der Waals surface area (Å²) in [5.41, 5.74) is 0. The van der Waals surface area contributed by atoms with Gasteiger partial charge < -0.3 is 0 Å². The Morgan fingerprint density at radius 1 is 1.38 bits per heavy atom. The molecule has 5 heteroatoms. The van der Waals surface area contributed by atoms with Crippen molar-refractivity contribution in [3.63, 3.8) is 0 Å². The molecule has 0 unspecified atom stereocenters. The number of hydrogen-bond donors (Lipinski definition) is 0. The van der Waals surface area contributed by atoms with Crippen LogP contribution in [-0.4, -0.2) is 21.2 Å². The predicted molar refractivity (Wildman–Crippen MR) is 64.5 cm³/mol. The van der Waals surface area contributed by atoms with Gasteiger partial charge in [0.05, 0.1) is 6.20 Å². The van der Waals surface area contributed by atoms with Gasteiger partial charge in [0, 0.05) is 18.9 Å². The Morgan fingerprint density at radius 2 is 2.12 bits per heavy atom. The van der Waals surface area contributed by atoms with E-state index in [0.717, 1.165) is 18.8 Å². The second-order valence-corrected chi connectivity index (χ2v) is 3.79. The van der Waals surface area contributed by atoms with Crippen LogP contribution in [0.2, 0.25) is 5.02 Å². The molecule has 0 bridgehead atoms. The van der Waals surface area contributed by atoms with Gasteiger partial charge in [0.25, 0.3) is 0 Å². The first-order chi connectivity index (χ1) is 7.83. The molecule has 2 aromatic rings. The monoisotopic (exact) mass is 236 g/mol. The normalized spacial score (nSPS) is 10.4. The minimum absolute atomic E-state index is 0.560. The van der Waals surface area contributed by atoms with Gasteiger partial charge in [-0.2, -0.15) is 0 Å². The highest BCUT2D eigenvalue weighted by Gasteiger charge is 2.11. The van der Waals surface area contributed by atoms with Crippen molar-refractivity contribution < 1.29 is 0 Å². The lowest BCUT2D eigenvalue weighted by molar-refractivity contribution is 0.667. The molecule has 84 valence electrons. The zero-order valence-electron chi connectivity index (χ0n) is 9.05. The smallest absolute Gasteiger partial charge is 0.169 e. The summed E-state index contributed by atoms with van der Waals surface area (Å²) in [6.07, 6.45) is 8.06. The predicted octanol–water partition coefficient (Wildman–Crippen LogP) is 2.61. The molecule has 2 aromatic heterocycles. The molecule has 0 fully saturated rings. The SMILES string of the molecule is CCCN(c1ncncc1Cl)n1cccc1. The lowest BCUT2D eigenvalue weighted by Gasteiger charge is -2.24. The van der Waals surface area contributed by atoms with Gasteiger partial charge in [-0.3, -0.25) is 9.69 Å². The molecule has 0 radical (unpaired) electrons. The topological polar surface area (TPSA) is 34.0 Å². The summed E-state index contributed by atoms with van der Waals surface area (Å²) in [6, 6.07) is 3.94. The zero-order chi connectivity index (χ0) is 11.4. The number of rotatable bonds is 4. The van der Waals surface area contributed by atoms with Gasteiger partial charge in [-0.15, -0.1) is 0 Å². The molecule has 16 heavy (non-hydrogen) atoms. The third-order valence-corrected chi connectivity index (χ3v) is 2.46. The fraction of sp³-hybridized carbons (Fsp3) is 0.273. The third-order valence-electron chi connectivity index (χ3n) is 2.20. The first kappa shape index (κ1) is 11.0. The lowest BCUT2D eigenvalue weighted by atomic mass is 10.4. The van der Waals surface area contributed by atoms with Gasteiger partial charge in [0.2, 0.25) is 0 Å². The minimum Gasteiger partial charge on any atom is -0.267 e. The molecular formula is C11H13ClN4. The van der Waals surface area contributed by atoms with Crippen molar-refractivity contribution in [2.24, 2.45) is 0 Å². The maximum atomic E-state index is 6.09. The average Bonchev–Trinajstić information content (AvgIpc) is 2.80. The number of anilines is 1. The molecule has 0 saturated carbocycles. The molecule has 0 amide bonds. The van der Waals surface area contributed by atoms with Crippen LogP contribution in [0.1, 0.15) is 13.3 Å². The van der Waals surface area contributed by atoms with Crippen LogP contribution in [0.4, 0.5) is 5.82 Å². The van der Waals surface area contributed by atoms with Gasteiger partial charge in [0.15, 0.2) is 5.82 Å². The quantitative estimate of drug-likeness (QED) is 0.818. The second kappa shape index (κ2) is 4.99. The molecule has 2 rings (SSSR count). The number of halogens is 1. The van der Waals surface area contributed by atoms with E-state index < -0.39 is 0 Å². The van der Waals surface area contributed by atoms with Crippen molar-refractivity contribution in [1.29, 1.82) is 0 Å². The number of aromatic nitrogens is 3. The van der Waals surface area contributed by atoms with Crippen LogP contribution < -0.4 is 5.01 Å². The fourth-order valence-electron chi connectivity index (χ4n) is 1.53. The van der Waals surface area contributed by atoms with Gasteiger partial charge in [-0.1, -0.05) is 18.5 Å². The molecule has 0 atom stereocenters. The average molecular weight is 237 g/mol. The van der Waals surface area contributed by atoms with Crippen LogP contribution in [0.3, 0.4) is 0 Å². The summed E-state index contributed by atoms with van der Waals surface area (Å²) in [5.74, 6) is 0.731. The highest BCUT2D eigenvalue weighted by atomic mass is 35.5. The summed E-state index contributed by atoms with van der Waals surface area (Å²) in [4.78, 5) is 8.11. The standard InChI is InChI=1S/C11H13ClN4/c1-2-5-16(15-6-3-4-7-15)11-10(12)8-13-9-14-11/h3-4,6-9H,2,5H2,1H3. The van der Waals surface area contributed by atoms with Crippen molar-refractivity contribution in [2.45, 2.75) is 13.3 Å². The van der Waals surface area contributed by atoms with Crippen LogP contribution >= 0.6 is 11.6 Å². The molecule has 0 aliphatic rings. The Balaban J connectivity index is 2.37. The van der Waals surface area contributed by atoms with Crippen LogP contribution in [-0.2, 0) is 0 Å². The van der Waals surface area contributed by atoms with Crippen molar-refractivity contribution in [2.75, 3.05) is 11.6 Å². The molecule has 0 spiro atoms. The largest absolute Gasteiger partial charge is 0.267 e. The van der Waals surface area contributed by atoms with E-state index in [0.29, 0.717) is 5.02 Å². The van der Waals surface area contributed by atoms with E-state index in [2.05, 4.69) is 16.9 Å². The van der Waals surface area contributed by atoms with Crippen LogP contribution in [0, 0.1) is 0 Å². The molecule has 0 aliphatic carbocycles. The second-order valence-electron chi connectivity index (χ2n) is 3.38. The lowest BCUT2D eigenvalue weighted by Crippen LogP contribution is -2.30. The van der Waals surface area contributed by atoms with Gasteiger partial charge in [-0.25, -0.2) is 9.97 Å². The number of hydrogen-bond acceptors (Lipinski definition) is 3. The summed E-state index contributed by atoms with van der Waals surface area (Å²) in [7, 11) is 0. The summed E-state index contributed by atoms with van der Waals surface area (Å²) in [5, 5.41) is 2.58. The van der Waals surface area contributed by atoms with E-state index >= 15 is 0 Å². The van der Waals surface area contributed by atoms with E-state index in [-0.39, 0.29) is 0 Å². The third kappa shape index (κ3) is 2.17. The Hall–Kier alpha value is -1.55. The molecule has 0 N–H and O–H groups in total. The van der Waals surface area contributed by atoms with E-state index in [4.69, 9.17) is 11.6 Å². The van der Waals surface area contributed by atoms with E-state index in [9.17, 15) is 0 Å². The first-order valence-electron chi connectivity index (χ1n) is 5.19. The maximum Gasteiger partial charge on any atom is 0.169 e. The minimum atomic E-state index is 0.560. The molecule has 0 aliphatic heterocycles. The van der Waals surface area contributed by atoms with Gasteiger partial charge in [0.1, 0.15) is 11.3 Å². The molecule has 4 nitrogen and oxygen atoms in total. The fourth-order valence-corrected chi connectivity index (χ4v) is 1.73. The Kier molecular flexibility index (Phi) is 3.41. The van der Waals surface area contributed by atoms with Crippen molar-refractivity contribution >= 4 is 17.4 Å². The van der Waals surface area contributed by atoms with Gasteiger partial charge >= 0.3 is 0 Å². The van der Waals surface area contributed by atoms with E-state index in [1.165, 1.54) is 6.33 Å². The Bertz CT molecular complexity index is 441. The Labute approximate surface area is 99.5 Å². The molecule has 0 saturated heterocycles. The highest BCUT2D eigenvalue weighted by Crippen LogP contribution is 2.22. The highest BCUT2D eigenvalue weighted by molar-refractivity contribution is 6.32. The van der Waals surface area contributed by atoms with Crippen LogP contribution in [0.25, 0.3) is 0 Å². The summed E-state index contributed by atoms with van der Waals surface area (Å²) in [6.45, 7) is 2.97.